The van der Waals surface area contributed by atoms with Gasteiger partial charge in [-0.05, 0) is 6.08 Å². The number of carbonyl (C=O) groups excluding carboxylic acids is 1. The van der Waals surface area contributed by atoms with E-state index in [1.165, 1.54) is 0 Å². The van der Waals surface area contributed by atoms with E-state index in [2.05, 4.69) is 0 Å². The molecule has 0 spiro atoms. The van der Waals surface area contributed by atoms with Crippen LogP contribution in [0.4, 0.5) is 0 Å². The lowest BCUT2D eigenvalue weighted by atomic mass is 10.0. The highest BCUT2D eigenvalue weighted by atomic mass is 16.7. The lowest BCUT2D eigenvalue weighted by molar-refractivity contribution is -0.184. The Morgan fingerprint density at radius 3 is 3.30 bits per heavy atom. The van der Waals surface area contributed by atoms with Crippen molar-refractivity contribution in [1.29, 1.82) is 0 Å². The summed E-state index contributed by atoms with van der Waals surface area (Å²) in [6, 6.07) is 0. The third-order valence-electron chi connectivity index (χ3n) is 1.99. The molecule has 2 aliphatic rings. The van der Waals surface area contributed by atoms with Crippen molar-refractivity contribution in [3.63, 3.8) is 0 Å². The second-order valence-corrected chi connectivity index (χ2v) is 2.75. The molecule has 0 radical (unpaired) electrons. The fraction of sp³-hybridized carbons (Fsp3) is 0.571. The van der Waals surface area contributed by atoms with Crippen LogP contribution < -0.4 is 0 Å². The quantitative estimate of drug-likeness (QED) is 0.467. The Morgan fingerprint density at radius 2 is 2.60 bits per heavy atom. The van der Waals surface area contributed by atoms with Gasteiger partial charge in [-0.3, -0.25) is 4.79 Å². The second kappa shape index (κ2) is 1.54. The molecule has 2 heterocycles. The van der Waals surface area contributed by atoms with Gasteiger partial charge in [0.25, 0.3) is 5.79 Å². The van der Waals surface area contributed by atoms with Crippen LogP contribution in [0.15, 0.2) is 12.3 Å². The highest BCUT2D eigenvalue weighted by molar-refractivity contribution is 5.73. The van der Waals surface area contributed by atoms with E-state index < -0.39 is 5.79 Å². The molecule has 0 saturated carbocycles. The van der Waals surface area contributed by atoms with E-state index in [1.54, 1.807) is 13.2 Å². The molecule has 0 amide bonds. The van der Waals surface area contributed by atoms with E-state index >= 15 is 0 Å². The van der Waals surface area contributed by atoms with Crippen molar-refractivity contribution in [2.75, 3.05) is 0 Å². The van der Waals surface area contributed by atoms with Crippen LogP contribution in [0.25, 0.3) is 0 Å². The first-order chi connectivity index (χ1) is 4.71. The molecule has 3 nitrogen and oxygen atoms in total. The van der Waals surface area contributed by atoms with Crippen molar-refractivity contribution in [2.45, 2.75) is 19.1 Å². The fourth-order valence-corrected chi connectivity index (χ4v) is 1.33. The monoisotopic (exact) mass is 140 g/mol. The van der Waals surface area contributed by atoms with Crippen molar-refractivity contribution in [1.82, 2.24) is 0 Å². The molecule has 0 N–H and O–H groups in total. The smallest absolute Gasteiger partial charge is 0.309 e. The SMILES string of the molecule is C[C@@]12OC=C[C@@H]1CC(=O)O2. The van der Waals surface area contributed by atoms with E-state index in [-0.39, 0.29) is 11.9 Å². The van der Waals surface area contributed by atoms with Crippen LogP contribution in [0.5, 0.6) is 0 Å². The van der Waals surface area contributed by atoms with Gasteiger partial charge in [0.2, 0.25) is 0 Å². The van der Waals surface area contributed by atoms with Crippen LogP contribution in [0.3, 0.4) is 0 Å². The van der Waals surface area contributed by atoms with Gasteiger partial charge in [-0.2, -0.15) is 0 Å². The number of ether oxygens (including phenoxy) is 2. The fourth-order valence-electron chi connectivity index (χ4n) is 1.33. The minimum Gasteiger partial charge on any atom is -0.460 e. The normalized spacial score (nSPS) is 42.9. The number of carbonyl (C=O) groups is 1. The third kappa shape index (κ3) is 0.574. The number of hydrogen-bond acceptors (Lipinski definition) is 3. The molecule has 0 aromatic rings. The third-order valence-corrected chi connectivity index (χ3v) is 1.99. The van der Waals surface area contributed by atoms with E-state index in [0.29, 0.717) is 6.42 Å². The summed E-state index contributed by atoms with van der Waals surface area (Å²) < 4.78 is 10.1. The molecule has 2 atom stereocenters. The van der Waals surface area contributed by atoms with Gasteiger partial charge in [0.15, 0.2) is 0 Å². The summed E-state index contributed by atoms with van der Waals surface area (Å²) in [5, 5.41) is 0. The summed E-state index contributed by atoms with van der Waals surface area (Å²) in [6.07, 6.45) is 3.91. The van der Waals surface area contributed by atoms with Crippen molar-refractivity contribution >= 4 is 5.97 Å². The Labute approximate surface area is 58.6 Å². The summed E-state index contributed by atoms with van der Waals surface area (Å²) in [5.74, 6) is -0.728. The maximum absolute atomic E-state index is 10.7. The molecule has 1 saturated heterocycles. The van der Waals surface area contributed by atoms with E-state index in [4.69, 9.17) is 9.47 Å². The molecule has 0 aromatic carbocycles. The minimum atomic E-state index is -0.683. The summed E-state index contributed by atoms with van der Waals surface area (Å²) >= 11 is 0. The lowest BCUT2D eigenvalue weighted by Gasteiger charge is -2.20. The topological polar surface area (TPSA) is 35.5 Å². The summed E-state index contributed by atoms with van der Waals surface area (Å²) in [5.41, 5.74) is 0. The predicted molar refractivity (Wildman–Crippen MR) is 32.8 cm³/mol. The Morgan fingerprint density at radius 1 is 1.80 bits per heavy atom. The maximum Gasteiger partial charge on any atom is 0.309 e. The molecule has 54 valence electrons. The Bertz CT molecular complexity index is 209. The second-order valence-electron chi connectivity index (χ2n) is 2.75. The molecular weight excluding hydrogens is 132 g/mol. The van der Waals surface area contributed by atoms with Crippen molar-refractivity contribution in [3.8, 4) is 0 Å². The molecule has 0 bridgehead atoms. The first-order valence-electron chi connectivity index (χ1n) is 3.27. The van der Waals surface area contributed by atoms with Gasteiger partial charge in [-0.15, -0.1) is 0 Å². The summed E-state index contributed by atoms with van der Waals surface area (Å²) in [6.45, 7) is 1.78. The highest BCUT2D eigenvalue weighted by Gasteiger charge is 2.48. The number of fused-ring (bicyclic) bond motifs is 1. The average Bonchev–Trinajstić information content (AvgIpc) is 2.20. The highest BCUT2D eigenvalue weighted by Crippen LogP contribution is 2.38. The molecule has 2 aliphatic heterocycles. The average molecular weight is 140 g/mol. The summed E-state index contributed by atoms with van der Waals surface area (Å²) in [7, 11) is 0. The number of hydrogen-bond donors (Lipinski definition) is 0. The van der Waals surface area contributed by atoms with E-state index in [0.717, 1.165) is 0 Å². The first-order valence-corrected chi connectivity index (χ1v) is 3.27. The van der Waals surface area contributed by atoms with Crippen molar-refractivity contribution < 1.29 is 14.3 Å². The minimum absolute atomic E-state index is 0.125. The molecule has 1 fully saturated rings. The van der Waals surface area contributed by atoms with Crippen molar-refractivity contribution in [3.05, 3.63) is 12.3 Å². The van der Waals surface area contributed by atoms with Crippen LogP contribution in [0.1, 0.15) is 13.3 Å². The maximum atomic E-state index is 10.7. The van der Waals surface area contributed by atoms with Gasteiger partial charge >= 0.3 is 5.97 Å². The molecule has 0 aromatic heterocycles. The number of esters is 1. The molecule has 0 aliphatic carbocycles. The van der Waals surface area contributed by atoms with Gasteiger partial charge in [0.05, 0.1) is 18.6 Å². The lowest BCUT2D eigenvalue weighted by Crippen LogP contribution is -2.28. The first kappa shape index (κ1) is 5.77. The van der Waals surface area contributed by atoms with Gasteiger partial charge in [-0.25, -0.2) is 0 Å². The zero-order valence-electron chi connectivity index (χ0n) is 5.66. The van der Waals surface area contributed by atoms with Crippen LogP contribution in [-0.4, -0.2) is 11.8 Å². The standard InChI is InChI=1S/C7H8O3/c1-7-5(2-3-9-7)4-6(8)10-7/h2-3,5H,4H2,1H3/t5-,7+/m1/s1. The van der Waals surface area contributed by atoms with Gasteiger partial charge < -0.3 is 9.47 Å². The predicted octanol–water partition coefficient (Wildman–Crippen LogP) is 0.810. The zero-order valence-corrected chi connectivity index (χ0v) is 5.66. The molecule has 2 rings (SSSR count). The van der Waals surface area contributed by atoms with Crippen LogP contribution in [-0.2, 0) is 14.3 Å². The number of rotatable bonds is 0. The van der Waals surface area contributed by atoms with Crippen LogP contribution in [0, 0.1) is 5.92 Å². The zero-order chi connectivity index (χ0) is 7.19. The Kier molecular flexibility index (Phi) is 0.886. The van der Waals surface area contributed by atoms with Gasteiger partial charge in [0, 0.05) is 6.92 Å². The summed E-state index contributed by atoms with van der Waals surface area (Å²) in [4.78, 5) is 10.7. The Balaban J connectivity index is 2.28. The van der Waals surface area contributed by atoms with Gasteiger partial charge in [-0.1, -0.05) is 0 Å². The van der Waals surface area contributed by atoms with E-state index in [9.17, 15) is 4.79 Å². The van der Waals surface area contributed by atoms with E-state index in [1.807, 2.05) is 6.08 Å². The molecular formula is C7H8O3. The van der Waals surface area contributed by atoms with Gasteiger partial charge in [0.1, 0.15) is 0 Å². The van der Waals surface area contributed by atoms with Crippen LogP contribution in [0.2, 0.25) is 0 Å². The molecule has 3 heteroatoms. The van der Waals surface area contributed by atoms with Crippen molar-refractivity contribution in [2.24, 2.45) is 5.92 Å². The van der Waals surface area contributed by atoms with Crippen LogP contribution >= 0.6 is 0 Å². The largest absolute Gasteiger partial charge is 0.460 e. The molecule has 10 heavy (non-hydrogen) atoms. The molecule has 0 unspecified atom stereocenters. The Hall–Kier alpha value is -0.990.